The van der Waals surface area contributed by atoms with E-state index in [9.17, 15) is 18.4 Å². The molecule has 0 spiro atoms. The molecule has 2 amide bonds. The zero-order chi connectivity index (χ0) is 14.4. The highest BCUT2D eigenvalue weighted by atomic mass is 19.2. The van der Waals surface area contributed by atoms with E-state index in [2.05, 4.69) is 5.32 Å². The number of anilines is 1. The molecule has 1 aromatic rings. The third kappa shape index (κ3) is 4.53. The van der Waals surface area contributed by atoms with Gasteiger partial charge in [0.25, 0.3) is 5.91 Å². The molecule has 7 heteroatoms. The molecule has 0 heterocycles. The Bertz CT molecular complexity index is 492. The summed E-state index contributed by atoms with van der Waals surface area (Å²) in [6.45, 7) is 0.296. The van der Waals surface area contributed by atoms with Crippen LogP contribution in [0.5, 0.6) is 0 Å². The normalized spacial score (nSPS) is 10.2. The lowest BCUT2D eigenvalue weighted by Gasteiger charge is -2.07. The number of rotatable bonds is 6. The SMILES string of the molecule is NC(=O)CCCCNC(=O)c1cc(F)c(F)cc1N. The Morgan fingerprint density at radius 2 is 1.79 bits per heavy atom. The van der Waals surface area contributed by atoms with Crippen molar-refractivity contribution in [3.8, 4) is 0 Å². The average Bonchev–Trinajstić information content (AvgIpc) is 2.32. The highest BCUT2D eigenvalue weighted by molar-refractivity contribution is 5.99. The van der Waals surface area contributed by atoms with Gasteiger partial charge in [-0.25, -0.2) is 8.78 Å². The standard InChI is InChI=1S/C12H15F2N3O2/c13-8-5-7(10(15)6-9(8)14)12(19)17-4-2-1-3-11(16)18/h5-6H,1-4,15H2,(H2,16,18)(H,17,19). The van der Waals surface area contributed by atoms with Crippen molar-refractivity contribution >= 4 is 17.5 Å². The maximum absolute atomic E-state index is 13.0. The number of benzene rings is 1. The number of carbonyl (C=O) groups excluding carboxylic acids is 2. The van der Waals surface area contributed by atoms with E-state index in [-0.39, 0.29) is 17.7 Å². The maximum Gasteiger partial charge on any atom is 0.253 e. The molecular weight excluding hydrogens is 256 g/mol. The van der Waals surface area contributed by atoms with Crippen LogP contribution in [0.15, 0.2) is 12.1 Å². The number of hydrogen-bond donors (Lipinski definition) is 3. The lowest BCUT2D eigenvalue weighted by Crippen LogP contribution is -2.26. The molecule has 0 aliphatic carbocycles. The summed E-state index contributed by atoms with van der Waals surface area (Å²) >= 11 is 0. The highest BCUT2D eigenvalue weighted by Gasteiger charge is 2.13. The van der Waals surface area contributed by atoms with E-state index in [0.29, 0.717) is 19.4 Å². The van der Waals surface area contributed by atoms with E-state index in [1.165, 1.54) is 0 Å². The minimum absolute atomic E-state index is 0.117. The quantitative estimate of drug-likeness (QED) is 0.530. The van der Waals surface area contributed by atoms with Gasteiger partial charge in [-0.3, -0.25) is 9.59 Å². The van der Waals surface area contributed by atoms with Gasteiger partial charge in [0, 0.05) is 24.7 Å². The highest BCUT2D eigenvalue weighted by Crippen LogP contribution is 2.16. The van der Waals surface area contributed by atoms with Gasteiger partial charge in [-0.2, -0.15) is 0 Å². The van der Waals surface area contributed by atoms with Crippen molar-refractivity contribution < 1.29 is 18.4 Å². The molecule has 0 unspecified atom stereocenters. The number of amides is 2. The van der Waals surface area contributed by atoms with Gasteiger partial charge < -0.3 is 16.8 Å². The molecule has 5 nitrogen and oxygen atoms in total. The first-order valence-electron chi connectivity index (χ1n) is 5.73. The van der Waals surface area contributed by atoms with Crippen LogP contribution in [0.4, 0.5) is 14.5 Å². The van der Waals surface area contributed by atoms with E-state index < -0.39 is 23.4 Å². The van der Waals surface area contributed by atoms with Crippen molar-refractivity contribution in [3.05, 3.63) is 29.3 Å². The Balaban J connectivity index is 2.50. The van der Waals surface area contributed by atoms with Crippen LogP contribution < -0.4 is 16.8 Å². The molecule has 0 fully saturated rings. The number of nitrogen functional groups attached to an aromatic ring is 1. The van der Waals surface area contributed by atoms with Crippen LogP contribution in [-0.4, -0.2) is 18.4 Å². The van der Waals surface area contributed by atoms with Crippen LogP contribution in [0.3, 0.4) is 0 Å². The molecular formula is C12H15F2N3O2. The third-order valence-corrected chi connectivity index (χ3v) is 2.47. The second kappa shape index (κ2) is 6.67. The number of halogens is 2. The van der Waals surface area contributed by atoms with E-state index in [4.69, 9.17) is 11.5 Å². The van der Waals surface area contributed by atoms with E-state index in [0.717, 1.165) is 12.1 Å². The van der Waals surface area contributed by atoms with Crippen LogP contribution in [0.1, 0.15) is 29.6 Å². The summed E-state index contributed by atoms with van der Waals surface area (Å²) in [7, 11) is 0. The van der Waals surface area contributed by atoms with Gasteiger partial charge in [-0.15, -0.1) is 0 Å². The predicted octanol–water partition coefficient (Wildman–Crippen LogP) is 0.932. The maximum atomic E-state index is 13.0. The number of hydrogen-bond acceptors (Lipinski definition) is 3. The van der Waals surface area contributed by atoms with Gasteiger partial charge >= 0.3 is 0 Å². The molecule has 19 heavy (non-hydrogen) atoms. The molecule has 104 valence electrons. The number of unbranched alkanes of at least 4 members (excludes halogenated alkanes) is 1. The number of nitrogens with one attached hydrogen (secondary N) is 1. The van der Waals surface area contributed by atoms with Crippen LogP contribution in [0, 0.1) is 11.6 Å². The lowest BCUT2D eigenvalue weighted by atomic mass is 10.1. The zero-order valence-corrected chi connectivity index (χ0v) is 10.2. The van der Waals surface area contributed by atoms with Gasteiger partial charge in [0.1, 0.15) is 0 Å². The van der Waals surface area contributed by atoms with Gasteiger partial charge in [0.2, 0.25) is 5.91 Å². The van der Waals surface area contributed by atoms with E-state index in [1.54, 1.807) is 0 Å². The summed E-state index contributed by atoms with van der Waals surface area (Å²) < 4.78 is 25.8. The van der Waals surface area contributed by atoms with Crippen LogP contribution in [-0.2, 0) is 4.79 Å². The summed E-state index contributed by atoms with van der Waals surface area (Å²) in [5.41, 5.74) is 10.1. The van der Waals surface area contributed by atoms with Gasteiger partial charge in [-0.1, -0.05) is 0 Å². The summed E-state index contributed by atoms with van der Waals surface area (Å²) in [6, 6.07) is 1.51. The predicted molar refractivity (Wildman–Crippen MR) is 66.1 cm³/mol. The molecule has 0 saturated heterocycles. The number of carbonyl (C=O) groups is 2. The molecule has 0 atom stereocenters. The number of nitrogens with two attached hydrogens (primary N) is 2. The summed E-state index contributed by atoms with van der Waals surface area (Å²) in [4.78, 5) is 22.1. The minimum Gasteiger partial charge on any atom is -0.398 e. The molecule has 0 aliphatic heterocycles. The largest absolute Gasteiger partial charge is 0.398 e. The summed E-state index contributed by atoms with van der Waals surface area (Å²) in [6.07, 6.45) is 1.34. The first-order chi connectivity index (χ1) is 8.91. The Kier molecular flexibility index (Phi) is 5.23. The fraction of sp³-hybridized carbons (Fsp3) is 0.333. The fourth-order valence-electron chi connectivity index (χ4n) is 1.48. The van der Waals surface area contributed by atoms with E-state index >= 15 is 0 Å². The first-order valence-corrected chi connectivity index (χ1v) is 5.73. The average molecular weight is 271 g/mol. The van der Waals surface area contributed by atoms with Gasteiger partial charge in [-0.05, 0) is 18.9 Å². The van der Waals surface area contributed by atoms with Crippen molar-refractivity contribution in [2.24, 2.45) is 5.73 Å². The summed E-state index contributed by atoms with van der Waals surface area (Å²) in [5.74, 6) is -3.23. The molecule has 0 radical (unpaired) electrons. The van der Waals surface area contributed by atoms with Crippen molar-refractivity contribution in [2.75, 3.05) is 12.3 Å². The van der Waals surface area contributed by atoms with Gasteiger partial charge in [0.15, 0.2) is 11.6 Å². The molecule has 0 aliphatic rings. The molecule has 0 aromatic heterocycles. The molecule has 1 rings (SSSR count). The zero-order valence-electron chi connectivity index (χ0n) is 10.2. The molecule has 1 aromatic carbocycles. The second-order valence-electron chi connectivity index (χ2n) is 4.03. The topological polar surface area (TPSA) is 98.2 Å². The van der Waals surface area contributed by atoms with E-state index in [1.807, 2.05) is 0 Å². The molecule has 0 saturated carbocycles. The van der Waals surface area contributed by atoms with Crippen molar-refractivity contribution in [2.45, 2.75) is 19.3 Å². The molecule has 0 bridgehead atoms. The van der Waals surface area contributed by atoms with Gasteiger partial charge in [0.05, 0.1) is 5.56 Å². The second-order valence-corrected chi connectivity index (χ2v) is 4.03. The number of primary amides is 1. The van der Waals surface area contributed by atoms with Crippen LogP contribution >= 0.6 is 0 Å². The fourth-order valence-corrected chi connectivity index (χ4v) is 1.48. The van der Waals surface area contributed by atoms with Crippen LogP contribution in [0.25, 0.3) is 0 Å². The Morgan fingerprint density at radius 3 is 2.42 bits per heavy atom. The molecule has 5 N–H and O–H groups in total. The first kappa shape index (κ1) is 14.9. The Morgan fingerprint density at radius 1 is 1.16 bits per heavy atom. The van der Waals surface area contributed by atoms with Crippen molar-refractivity contribution in [1.82, 2.24) is 5.32 Å². The van der Waals surface area contributed by atoms with Crippen molar-refractivity contribution in [1.29, 1.82) is 0 Å². The Hall–Kier alpha value is -2.18. The van der Waals surface area contributed by atoms with Crippen molar-refractivity contribution in [3.63, 3.8) is 0 Å². The summed E-state index contributed by atoms with van der Waals surface area (Å²) in [5, 5.41) is 2.50. The third-order valence-electron chi connectivity index (χ3n) is 2.47. The minimum atomic E-state index is -1.13. The smallest absolute Gasteiger partial charge is 0.253 e. The lowest BCUT2D eigenvalue weighted by molar-refractivity contribution is -0.118. The monoisotopic (exact) mass is 271 g/mol. The Labute approximate surface area is 109 Å². The van der Waals surface area contributed by atoms with Crippen LogP contribution in [0.2, 0.25) is 0 Å².